The Kier molecular flexibility index (Phi) is 2.40. The van der Waals surface area contributed by atoms with Crippen LogP contribution in [0.3, 0.4) is 0 Å². The first-order chi connectivity index (χ1) is 8.58. The zero-order valence-corrected chi connectivity index (χ0v) is 10.6. The number of ether oxygens (including phenoxy) is 1. The first-order valence-corrected chi connectivity index (χ1v) is 6.21. The molecule has 0 aromatic heterocycles. The highest BCUT2D eigenvalue weighted by molar-refractivity contribution is 6.10. The zero-order valence-electron chi connectivity index (χ0n) is 10.6. The molecule has 0 radical (unpaired) electrons. The average molecular weight is 244 g/mol. The van der Waals surface area contributed by atoms with Gasteiger partial charge < -0.3 is 10.1 Å². The van der Waals surface area contributed by atoms with E-state index in [1.807, 2.05) is 38.1 Å². The second-order valence-electron chi connectivity index (χ2n) is 5.24. The Morgan fingerprint density at radius 2 is 2.17 bits per heavy atom. The predicted octanol–water partition coefficient (Wildman–Crippen LogP) is 1.86. The summed E-state index contributed by atoms with van der Waals surface area (Å²) < 4.78 is 5.62. The molecule has 0 aliphatic carbocycles. The maximum Gasteiger partial charge on any atom is 0.252 e. The van der Waals surface area contributed by atoms with Gasteiger partial charge in [-0.3, -0.25) is 9.79 Å². The molecule has 2 aliphatic rings. The number of nitrogens with one attached hydrogen (secondary N) is 1. The third-order valence-corrected chi connectivity index (χ3v) is 3.49. The molecule has 4 nitrogen and oxygen atoms in total. The Hall–Kier alpha value is -1.84. The smallest absolute Gasteiger partial charge is 0.252 e. The standard InChI is InChI=1S/C14H16N2O2/c1-14(2)13(17)15-12(16-14)10-7-8-18-11-6-4-3-5-9(10)11/h3-6,10H,7-8H2,1-2H3,(H,15,16,17). The Morgan fingerprint density at radius 3 is 2.89 bits per heavy atom. The van der Waals surface area contributed by atoms with Gasteiger partial charge in [0.1, 0.15) is 17.1 Å². The number of rotatable bonds is 1. The second-order valence-corrected chi connectivity index (χ2v) is 5.24. The van der Waals surface area contributed by atoms with E-state index < -0.39 is 5.54 Å². The molecule has 1 aromatic rings. The molecule has 2 aliphatic heterocycles. The van der Waals surface area contributed by atoms with Crippen LogP contribution in [0.5, 0.6) is 5.75 Å². The number of para-hydroxylation sites is 1. The van der Waals surface area contributed by atoms with E-state index in [1.165, 1.54) is 0 Å². The normalized spacial score (nSPS) is 24.9. The van der Waals surface area contributed by atoms with Crippen LogP contribution in [0, 0.1) is 0 Å². The summed E-state index contributed by atoms with van der Waals surface area (Å²) in [7, 11) is 0. The Labute approximate surface area is 106 Å². The zero-order chi connectivity index (χ0) is 12.8. The number of hydrogen-bond donors (Lipinski definition) is 1. The van der Waals surface area contributed by atoms with Gasteiger partial charge in [-0.2, -0.15) is 0 Å². The summed E-state index contributed by atoms with van der Waals surface area (Å²) in [6.45, 7) is 4.33. The molecule has 4 heteroatoms. The van der Waals surface area contributed by atoms with Crippen molar-refractivity contribution in [2.24, 2.45) is 4.99 Å². The summed E-state index contributed by atoms with van der Waals surface area (Å²) in [5.74, 6) is 1.79. The van der Waals surface area contributed by atoms with Gasteiger partial charge in [-0.1, -0.05) is 18.2 Å². The molecule has 0 spiro atoms. The lowest BCUT2D eigenvalue weighted by atomic mass is 9.92. The largest absolute Gasteiger partial charge is 0.493 e. The molecule has 0 saturated carbocycles. The molecular weight excluding hydrogens is 228 g/mol. The van der Waals surface area contributed by atoms with Crippen LogP contribution >= 0.6 is 0 Å². The van der Waals surface area contributed by atoms with E-state index in [4.69, 9.17) is 4.74 Å². The van der Waals surface area contributed by atoms with E-state index in [9.17, 15) is 4.79 Å². The van der Waals surface area contributed by atoms with Crippen molar-refractivity contribution < 1.29 is 9.53 Å². The molecule has 0 bridgehead atoms. The topological polar surface area (TPSA) is 50.7 Å². The van der Waals surface area contributed by atoms with Gasteiger partial charge in [-0.25, -0.2) is 0 Å². The summed E-state index contributed by atoms with van der Waals surface area (Å²) in [5, 5.41) is 2.91. The monoisotopic (exact) mass is 244 g/mol. The van der Waals surface area contributed by atoms with E-state index in [0.29, 0.717) is 6.61 Å². The lowest BCUT2D eigenvalue weighted by Gasteiger charge is -2.25. The maximum atomic E-state index is 11.8. The summed E-state index contributed by atoms with van der Waals surface area (Å²) in [6.07, 6.45) is 0.853. The number of nitrogens with zero attached hydrogens (tertiary/aromatic N) is 1. The number of aliphatic imine (C=N–C) groups is 1. The first kappa shape index (κ1) is 11.3. The fourth-order valence-corrected chi connectivity index (χ4v) is 2.44. The number of amidine groups is 1. The van der Waals surface area contributed by atoms with Crippen molar-refractivity contribution in [1.29, 1.82) is 0 Å². The van der Waals surface area contributed by atoms with Crippen LogP contribution in [-0.4, -0.2) is 23.9 Å². The third kappa shape index (κ3) is 1.68. The van der Waals surface area contributed by atoms with Crippen molar-refractivity contribution in [3.63, 3.8) is 0 Å². The molecule has 1 unspecified atom stereocenters. The lowest BCUT2D eigenvalue weighted by molar-refractivity contribution is -0.122. The average Bonchev–Trinajstić information content (AvgIpc) is 2.63. The Balaban J connectivity index is 1.99. The van der Waals surface area contributed by atoms with Crippen LogP contribution in [0.4, 0.5) is 0 Å². The van der Waals surface area contributed by atoms with E-state index in [2.05, 4.69) is 10.3 Å². The molecule has 94 valence electrons. The number of carbonyl (C=O) groups excluding carboxylic acids is 1. The number of carbonyl (C=O) groups is 1. The minimum atomic E-state index is -0.650. The number of hydrogen-bond acceptors (Lipinski definition) is 3. The van der Waals surface area contributed by atoms with Gasteiger partial charge in [0, 0.05) is 11.5 Å². The minimum absolute atomic E-state index is 0.0264. The van der Waals surface area contributed by atoms with E-state index in [-0.39, 0.29) is 11.8 Å². The van der Waals surface area contributed by atoms with Crippen LogP contribution in [0.15, 0.2) is 29.3 Å². The summed E-state index contributed by atoms with van der Waals surface area (Å²) in [4.78, 5) is 16.3. The van der Waals surface area contributed by atoms with Gasteiger partial charge >= 0.3 is 0 Å². The van der Waals surface area contributed by atoms with Crippen molar-refractivity contribution in [2.45, 2.75) is 31.7 Å². The van der Waals surface area contributed by atoms with Gasteiger partial charge in [0.2, 0.25) is 0 Å². The molecule has 1 amide bonds. The van der Waals surface area contributed by atoms with Gasteiger partial charge in [-0.15, -0.1) is 0 Å². The predicted molar refractivity (Wildman–Crippen MR) is 69.0 cm³/mol. The number of fused-ring (bicyclic) bond motifs is 1. The van der Waals surface area contributed by atoms with Gasteiger partial charge in [0.05, 0.1) is 6.61 Å². The van der Waals surface area contributed by atoms with Crippen LogP contribution in [0.1, 0.15) is 31.7 Å². The van der Waals surface area contributed by atoms with E-state index in [1.54, 1.807) is 0 Å². The van der Waals surface area contributed by atoms with E-state index >= 15 is 0 Å². The van der Waals surface area contributed by atoms with E-state index in [0.717, 1.165) is 23.6 Å². The summed E-state index contributed by atoms with van der Waals surface area (Å²) in [6, 6.07) is 7.95. The fraction of sp³-hybridized carbons (Fsp3) is 0.429. The molecule has 3 rings (SSSR count). The summed E-state index contributed by atoms with van der Waals surface area (Å²) in [5.41, 5.74) is 0.461. The third-order valence-electron chi connectivity index (χ3n) is 3.49. The molecule has 1 N–H and O–H groups in total. The van der Waals surface area contributed by atoms with Crippen LogP contribution in [0.25, 0.3) is 0 Å². The molecule has 0 fully saturated rings. The van der Waals surface area contributed by atoms with Gasteiger partial charge in [0.15, 0.2) is 0 Å². The van der Waals surface area contributed by atoms with Gasteiger partial charge in [0.25, 0.3) is 5.91 Å². The highest BCUT2D eigenvalue weighted by Gasteiger charge is 2.38. The SMILES string of the molecule is CC1(C)N=C(C2CCOc3ccccc32)NC1=O. The minimum Gasteiger partial charge on any atom is -0.493 e. The molecule has 1 aromatic carbocycles. The van der Waals surface area contributed by atoms with Gasteiger partial charge in [-0.05, 0) is 26.3 Å². The molecular formula is C14H16N2O2. The molecule has 18 heavy (non-hydrogen) atoms. The Morgan fingerprint density at radius 1 is 1.39 bits per heavy atom. The maximum absolute atomic E-state index is 11.8. The van der Waals surface area contributed by atoms with Crippen LogP contribution in [-0.2, 0) is 4.79 Å². The number of amides is 1. The number of benzene rings is 1. The van der Waals surface area contributed by atoms with Crippen molar-refractivity contribution >= 4 is 11.7 Å². The van der Waals surface area contributed by atoms with Crippen molar-refractivity contribution in [1.82, 2.24) is 5.32 Å². The molecule has 0 saturated heterocycles. The molecule has 1 atom stereocenters. The quantitative estimate of drug-likeness (QED) is 0.819. The molecule has 2 heterocycles. The van der Waals surface area contributed by atoms with Crippen LogP contribution in [0.2, 0.25) is 0 Å². The highest BCUT2D eigenvalue weighted by atomic mass is 16.5. The van der Waals surface area contributed by atoms with Crippen molar-refractivity contribution in [2.75, 3.05) is 6.61 Å². The van der Waals surface area contributed by atoms with Crippen LogP contribution < -0.4 is 10.1 Å². The fourth-order valence-electron chi connectivity index (χ4n) is 2.44. The van der Waals surface area contributed by atoms with Crippen molar-refractivity contribution in [3.8, 4) is 5.75 Å². The van der Waals surface area contributed by atoms with Crippen molar-refractivity contribution in [3.05, 3.63) is 29.8 Å². The summed E-state index contributed by atoms with van der Waals surface area (Å²) >= 11 is 0. The first-order valence-electron chi connectivity index (χ1n) is 6.21. The second kappa shape index (κ2) is 3.83. The Bertz CT molecular complexity index is 534. The highest BCUT2D eigenvalue weighted by Crippen LogP contribution is 2.35. The lowest BCUT2D eigenvalue weighted by Crippen LogP contribution is -2.36.